The number of urea groups is 1. The summed E-state index contributed by atoms with van der Waals surface area (Å²) < 4.78 is 13.0. The highest BCUT2D eigenvalue weighted by molar-refractivity contribution is 5.74. The molecule has 0 aromatic heterocycles. The van der Waals surface area contributed by atoms with Crippen LogP contribution in [0.3, 0.4) is 0 Å². The summed E-state index contributed by atoms with van der Waals surface area (Å²) in [7, 11) is 0. The van der Waals surface area contributed by atoms with Crippen molar-refractivity contribution in [2.24, 2.45) is 0 Å². The number of rotatable bonds is 8. The molecule has 1 unspecified atom stereocenters. The Hall–Kier alpha value is -2.40. The molecule has 0 saturated carbocycles. The topological polar surface area (TPSA) is 44.4 Å². The summed E-state index contributed by atoms with van der Waals surface area (Å²) in [4.78, 5) is 14.4. The zero-order chi connectivity index (χ0) is 18.9. The van der Waals surface area contributed by atoms with E-state index in [2.05, 4.69) is 41.5 Å². The Balaban J connectivity index is 1.80. The van der Waals surface area contributed by atoms with Crippen LogP contribution in [0.25, 0.3) is 0 Å². The van der Waals surface area contributed by atoms with Crippen LogP contribution in [0.5, 0.6) is 0 Å². The van der Waals surface area contributed by atoms with Crippen molar-refractivity contribution in [1.29, 1.82) is 0 Å². The van der Waals surface area contributed by atoms with Crippen LogP contribution < -0.4 is 10.6 Å². The fourth-order valence-corrected chi connectivity index (χ4v) is 2.73. The van der Waals surface area contributed by atoms with E-state index in [0.29, 0.717) is 6.54 Å². The monoisotopic (exact) mass is 357 g/mol. The fourth-order valence-electron chi connectivity index (χ4n) is 2.73. The van der Waals surface area contributed by atoms with Gasteiger partial charge in [0.25, 0.3) is 0 Å². The molecule has 0 aliphatic rings. The molecule has 0 aliphatic heterocycles. The van der Waals surface area contributed by atoms with Gasteiger partial charge in [-0.15, -0.1) is 0 Å². The molecule has 2 aromatic carbocycles. The van der Waals surface area contributed by atoms with Crippen LogP contribution in [0.15, 0.2) is 48.5 Å². The van der Waals surface area contributed by atoms with E-state index in [4.69, 9.17) is 0 Å². The van der Waals surface area contributed by atoms with Crippen molar-refractivity contribution in [1.82, 2.24) is 15.5 Å². The van der Waals surface area contributed by atoms with Crippen LogP contribution in [-0.4, -0.2) is 24.0 Å². The molecule has 26 heavy (non-hydrogen) atoms. The van der Waals surface area contributed by atoms with Gasteiger partial charge in [0.15, 0.2) is 0 Å². The highest BCUT2D eigenvalue weighted by Gasteiger charge is 2.09. The lowest BCUT2D eigenvalue weighted by atomic mass is 10.1. The van der Waals surface area contributed by atoms with Gasteiger partial charge in [0, 0.05) is 13.1 Å². The maximum absolute atomic E-state index is 13.0. The normalized spacial score (nSPS) is 12.0. The molecule has 5 heteroatoms. The highest BCUT2D eigenvalue weighted by Crippen LogP contribution is 2.12. The largest absolute Gasteiger partial charge is 0.334 e. The Kier molecular flexibility index (Phi) is 7.60. The first kappa shape index (κ1) is 19.9. The van der Waals surface area contributed by atoms with Crippen molar-refractivity contribution in [2.45, 2.75) is 39.9 Å². The van der Waals surface area contributed by atoms with E-state index in [1.54, 1.807) is 12.1 Å². The Labute approximate surface area is 155 Å². The lowest BCUT2D eigenvalue weighted by Crippen LogP contribution is -2.36. The molecule has 0 heterocycles. The second kappa shape index (κ2) is 9.92. The average Bonchev–Trinajstić information content (AvgIpc) is 2.65. The van der Waals surface area contributed by atoms with Crippen LogP contribution in [0, 0.1) is 5.82 Å². The standard InChI is InChI=1S/C21H28FN3O/c1-4-25(5-2)15-18-8-6-17(7-9-18)14-23-21(26)24-16(3)19-10-12-20(22)13-11-19/h6-13,16H,4-5,14-15H2,1-3H3,(H2,23,24,26). The van der Waals surface area contributed by atoms with Gasteiger partial charge >= 0.3 is 6.03 Å². The molecule has 0 spiro atoms. The predicted octanol–water partition coefficient (Wildman–Crippen LogP) is 4.23. The van der Waals surface area contributed by atoms with Crippen LogP contribution in [0.1, 0.15) is 43.5 Å². The van der Waals surface area contributed by atoms with E-state index < -0.39 is 0 Å². The molecule has 2 rings (SSSR count). The Bertz CT molecular complexity index is 681. The zero-order valence-electron chi connectivity index (χ0n) is 15.8. The second-order valence-electron chi connectivity index (χ2n) is 6.38. The Morgan fingerprint density at radius 1 is 1.00 bits per heavy atom. The molecule has 4 nitrogen and oxygen atoms in total. The van der Waals surface area contributed by atoms with Crippen LogP contribution in [-0.2, 0) is 13.1 Å². The maximum atomic E-state index is 13.0. The van der Waals surface area contributed by atoms with E-state index in [1.165, 1.54) is 17.7 Å². The second-order valence-corrected chi connectivity index (χ2v) is 6.38. The number of carbonyl (C=O) groups is 1. The van der Waals surface area contributed by atoms with Crippen LogP contribution in [0.2, 0.25) is 0 Å². The maximum Gasteiger partial charge on any atom is 0.315 e. The van der Waals surface area contributed by atoms with Crippen molar-refractivity contribution >= 4 is 6.03 Å². The molecule has 0 radical (unpaired) electrons. The van der Waals surface area contributed by atoms with Crippen molar-refractivity contribution in [2.75, 3.05) is 13.1 Å². The summed E-state index contributed by atoms with van der Waals surface area (Å²) in [6.45, 7) is 9.66. The van der Waals surface area contributed by atoms with Gasteiger partial charge in [-0.05, 0) is 48.8 Å². The number of hydrogen-bond acceptors (Lipinski definition) is 2. The molecule has 2 N–H and O–H groups in total. The predicted molar refractivity (Wildman–Crippen MR) is 103 cm³/mol. The molecule has 1 atom stereocenters. The van der Waals surface area contributed by atoms with E-state index in [0.717, 1.165) is 30.8 Å². The molecule has 140 valence electrons. The van der Waals surface area contributed by atoms with Gasteiger partial charge in [-0.3, -0.25) is 4.90 Å². The lowest BCUT2D eigenvalue weighted by Gasteiger charge is -2.18. The van der Waals surface area contributed by atoms with Gasteiger partial charge in [0.05, 0.1) is 6.04 Å². The third-order valence-electron chi connectivity index (χ3n) is 4.49. The smallest absolute Gasteiger partial charge is 0.315 e. The van der Waals surface area contributed by atoms with E-state index >= 15 is 0 Å². The number of hydrogen-bond donors (Lipinski definition) is 2. The van der Waals surface area contributed by atoms with Crippen LogP contribution >= 0.6 is 0 Å². The first-order valence-electron chi connectivity index (χ1n) is 9.11. The molecule has 0 saturated heterocycles. The highest BCUT2D eigenvalue weighted by atomic mass is 19.1. The summed E-state index contributed by atoms with van der Waals surface area (Å²) in [5, 5.41) is 5.72. The van der Waals surface area contributed by atoms with Crippen molar-refractivity contribution in [3.8, 4) is 0 Å². The minimum absolute atomic E-state index is 0.188. The first-order chi connectivity index (χ1) is 12.5. The number of carbonyl (C=O) groups excluding carboxylic acids is 1. The lowest BCUT2D eigenvalue weighted by molar-refractivity contribution is 0.237. The van der Waals surface area contributed by atoms with Gasteiger partial charge in [0.1, 0.15) is 5.82 Å². The van der Waals surface area contributed by atoms with Crippen molar-refractivity contribution in [3.05, 3.63) is 71.0 Å². The number of amides is 2. The zero-order valence-corrected chi connectivity index (χ0v) is 15.8. The van der Waals surface area contributed by atoms with Gasteiger partial charge < -0.3 is 10.6 Å². The van der Waals surface area contributed by atoms with E-state index in [1.807, 2.05) is 19.1 Å². The summed E-state index contributed by atoms with van der Waals surface area (Å²) >= 11 is 0. The summed E-state index contributed by atoms with van der Waals surface area (Å²) in [5.41, 5.74) is 3.19. The molecule has 2 aromatic rings. The van der Waals surface area contributed by atoms with Crippen LogP contribution in [0.4, 0.5) is 9.18 Å². The van der Waals surface area contributed by atoms with Crippen molar-refractivity contribution < 1.29 is 9.18 Å². The summed E-state index contributed by atoms with van der Waals surface area (Å²) in [6, 6.07) is 14.0. The number of benzene rings is 2. The minimum Gasteiger partial charge on any atom is -0.334 e. The van der Waals surface area contributed by atoms with Gasteiger partial charge in [-0.2, -0.15) is 0 Å². The number of nitrogens with zero attached hydrogens (tertiary/aromatic N) is 1. The fraction of sp³-hybridized carbons (Fsp3) is 0.381. The molecule has 0 fully saturated rings. The third kappa shape index (κ3) is 6.15. The SMILES string of the molecule is CCN(CC)Cc1ccc(CNC(=O)NC(C)c2ccc(F)cc2)cc1. The number of nitrogens with one attached hydrogen (secondary N) is 2. The molecular formula is C21H28FN3O. The molecular weight excluding hydrogens is 329 g/mol. The average molecular weight is 357 g/mol. The Morgan fingerprint density at radius 3 is 2.15 bits per heavy atom. The van der Waals surface area contributed by atoms with Gasteiger partial charge in [-0.25, -0.2) is 9.18 Å². The quantitative estimate of drug-likeness (QED) is 0.743. The van der Waals surface area contributed by atoms with Gasteiger partial charge in [-0.1, -0.05) is 50.2 Å². The first-order valence-corrected chi connectivity index (χ1v) is 9.11. The molecule has 2 amide bonds. The van der Waals surface area contributed by atoms with E-state index in [-0.39, 0.29) is 17.9 Å². The third-order valence-corrected chi connectivity index (χ3v) is 4.49. The molecule has 0 bridgehead atoms. The van der Waals surface area contributed by atoms with E-state index in [9.17, 15) is 9.18 Å². The molecule has 0 aliphatic carbocycles. The Morgan fingerprint density at radius 2 is 1.58 bits per heavy atom. The number of halogens is 1. The minimum atomic E-state index is -0.283. The summed E-state index contributed by atoms with van der Waals surface area (Å²) in [6.07, 6.45) is 0. The summed E-state index contributed by atoms with van der Waals surface area (Å²) in [5.74, 6) is -0.283. The van der Waals surface area contributed by atoms with Crippen molar-refractivity contribution in [3.63, 3.8) is 0 Å². The van der Waals surface area contributed by atoms with Gasteiger partial charge in [0.2, 0.25) is 0 Å².